The summed E-state index contributed by atoms with van der Waals surface area (Å²) in [6, 6.07) is 11.4. The van der Waals surface area contributed by atoms with Crippen LogP contribution in [0.25, 0.3) is 0 Å². The second-order valence-electron chi connectivity index (χ2n) is 4.33. The van der Waals surface area contributed by atoms with E-state index >= 15 is 0 Å². The van der Waals surface area contributed by atoms with E-state index in [0.29, 0.717) is 22.6 Å². The first-order valence-corrected chi connectivity index (χ1v) is 6.16. The maximum absolute atomic E-state index is 13.7. The van der Waals surface area contributed by atoms with Gasteiger partial charge in [-0.25, -0.2) is 4.39 Å². The minimum Gasteiger partial charge on any atom is -0.497 e. The summed E-state index contributed by atoms with van der Waals surface area (Å²) in [4.78, 5) is 11.3. The predicted molar refractivity (Wildman–Crippen MR) is 73.7 cm³/mol. The van der Waals surface area contributed by atoms with Gasteiger partial charge in [-0.1, -0.05) is 12.1 Å². The van der Waals surface area contributed by atoms with Gasteiger partial charge in [0.1, 0.15) is 23.9 Å². The Hall–Kier alpha value is -2.36. The molecule has 0 aromatic heterocycles. The Morgan fingerprint density at radius 3 is 2.60 bits per heavy atom. The number of ketones is 1. The molecule has 0 saturated heterocycles. The second kappa shape index (κ2) is 6.19. The Morgan fingerprint density at radius 1 is 1.15 bits per heavy atom. The summed E-state index contributed by atoms with van der Waals surface area (Å²) >= 11 is 0. The quantitative estimate of drug-likeness (QED) is 0.781. The van der Waals surface area contributed by atoms with Crippen molar-refractivity contribution >= 4 is 5.78 Å². The molecule has 0 aliphatic rings. The Morgan fingerprint density at radius 2 is 1.95 bits per heavy atom. The normalized spacial score (nSPS) is 10.2. The zero-order valence-corrected chi connectivity index (χ0v) is 11.4. The Balaban J connectivity index is 2.09. The molecule has 0 amide bonds. The van der Waals surface area contributed by atoms with Gasteiger partial charge in [0.15, 0.2) is 5.78 Å². The molecular weight excluding hydrogens is 259 g/mol. The molecule has 0 atom stereocenters. The van der Waals surface area contributed by atoms with E-state index in [1.807, 2.05) is 0 Å². The van der Waals surface area contributed by atoms with Crippen molar-refractivity contribution in [3.05, 3.63) is 59.4 Å². The molecule has 3 nitrogen and oxygen atoms in total. The molecule has 0 heterocycles. The third-order valence-corrected chi connectivity index (χ3v) is 2.90. The fourth-order valence-corrected chi connectivity index (χ4v) is 1.74. The number of Topliss-reactive ketones (excluding diaryl/α,β-unsaturated/α-hetero) is 1. The molecule has 0 aliphatic heterocycles. The Kier molecular flexibility index (Phi) is 4.35. The van der Waals surface area contributed by atoms with Crippen LogP contribution in [0.1, 0.15) is 22.8 Å². The number of hydrogen-bond acceptors (Lipinski definition) is 3. The van der Waals surface area contributed by atoms with E-state index in [1.165, 1.54) is 20.1 Å². The fourth-order valence-electron chi connectivity index (χ4n) is 1.74. The van der Waals surface area contributed by atoms with Gasteiger partial charge in [0.05, 0.1) is 7.11 Å². The van der Waals surface area contributed by atoms with Crippen molar-refractivity contribution in [1.82, 2.24) is 0 Å². The molecular formula is C16H15FO3. The minimum absolute atomic E-state index is 0.0360. The summed E-state index contributed by atoms with van der Waals surface area (Å²) in [7, 11) is 1.48. The lowest BCUT2D eigenvalue weighted by atomic mass is 10.1. The van der Waals surface area contributed by atoms with Gasteiger partial charge in [-0.05, 0) is 31.2 Å². The van der Waals surface area contributed by atoms with Crippen LogP contribution in [0.5, 0.6) is 11.5 Å². The first kappa shape index (κ1) is 14.1. The van der Waals surface area contributed by atoms with Crippen molar-refractivity contribution in [2.45, 2.75) is 13.5 Å². The van der Waals surface area contributed by atoms with E-state index in [2.05, 4.69) is 0 Å². The molecule has 0 aliphatic carbocycles. The van der Waals surface area contributed by atoms with Crippen LogP contribution in [0.15, 0.2) is 42.5 Å². The maximum Gasteiger partial charge on any atom is 0.159 e. The molecule has 0 unspecified atom stereocenters. The number of rotatable bonds is 5. The van der Waals surface area contributed by atoms with Crippen molar-refractivity contribution in [3.8, 4) is 11.5 Å². The van der Waals surface area contributed by atoms with Crippen molar-refractivity contribution in [2.75, 3.05) is 7.11 Å². The summed E-state index contributed by atoms with van der Waals surface area (Å²) in [5.41, 5.74) is 0.997. The van der Waals surface area contributed by atoms with Gasteiger partial charge < -0.3 is 9.47 Å². The number of carbonyl (C=O) groups excluding carboxylic acids is 1. The molecule has 2 aromatic rings. The van der Waals surface area contributed by atoms with Crippen LogP contribution in [0, 0.1) is 5.82 Å². The van der Waals surface area contributed by atoms with E-state index in [9.17, 15) is 9.18 Å². The van der Waals surface area contributed by atoms with E-state index in [4.69, 9.17) is 9.47 Å². The summed E-state index contributed by atoms with van der Waals surface area (Å²) in [5.74, 6) is 0.580. The van der Waals surface area contributed by atoms with E-state index in [-0.39, 0.29) is 18.2 Å². The highest BCUT2D eigenvalue weighted by Crippen LogP contribution is 2.19. The number of benzene rings is 2. The molecule has 2 rings (SSSR count). The molecule has 0 radical (unpaired) electrons. The van der Waals surface area contributed by atoms with Crippen LogP contribution < -0.4 is 9.47 Å². The van der Waals surface area contributed by atoms with Crippen LogP contribution in [-0.2, 0) is 6.61 Å². The third-order valence-electron chi connectivity index (χ3n) is 2.90. The van der Waals surface area contributed by atoms with Crippen LogP contribution in [0.2, 0.25) is 0 Å². The van der Waals surface area contributed by atoms with Crippen molar-refractivity contribution in [2.24, 2.45) is 0 Å². The predicted octanol–water partition coefficient (Wildman–Crippen LogP) is 3.62. The van der Waals surface area contributed by atoms with E-state index in [0.717, 1.165) is 0 Å². The Labute approximate surface area is 117 Å². The molecule has 104 valence electrons. The van der Waals surface area contributed by atoms with E-state index < -0.39 is 0 Å². The molecule has 0 N–H and O–H groups in total. The van der Waals surface area contributed by atoms with Crippen molar-refractivity contribution in [1.29, 1.82) is 0 Å². The highest BCUT2D eigenvalue weighted by molar-refractivity contribution is 5.94. The average molecular weight is 274 g/mol. The summed E-state index contributed by atoms with van der Waals surface area (Å²) in [6.45, 7) is 1.58. The molecule has 0 spiro atoms. The SMILES string of the molecule is COc1ccc(COc2cccc(C(C)=O)c2)c(F)c1. The molecule has 20 heavy (non-hydrogen) atoms. The lowest BCUT2D eigenvalue weighted by Gasteiger charge is -2.09. The largest absolute Gasteiger partial charge is 0.497 e. The molecule has 2 aromatic carbocycles. The van der Waals surface area contributed by atoms with Crippen molar-refractivity contribution in [3.63, 3.8) is 0 Å². The summed E-state index contributed by atoms with van der Waals surface area (Å²) < 4.78 is 24.2. The van der Waals surface area contributed by atoms with Crippen LogP contribution in [-0.4, -0.2) is 12.9 Å². The highest BCUT2D eigenvalue weighted by Gasteiger charge is 2.06. The zero-order valence-electron chi connectivity index (χ0n) is 11.4. The number of hydrogen-bond donors (Lipinski definition) is 0. The maximum atomic E-state index is 13.7. The van der Waals surface area contributed by atoms with Crippen molar-refractivity contribution < 1.29 is 18.7 Å². The molecule has 0 saturated carbocycles. The molecule has 0 fully saturated rings. The average Bonchev–Trinajstić information content (AvgIpc) is 2.46. The van der Waals surface area contributed by atoms with Gasteiger partial charge in [-0.2, -0.15) is 0 Å². The monoisotopic (exact) mass is 274 g/mol. The summed E-state index contributed by atoms with van der Waals surface area (Å²) in [6.07, 6.45) is 0. The summed E-state index contributed by atoms with van der Waals surface area (Å²) in [5, 5.41) is 0. The first-order valence-electron chi connectivity index (χ1n) is 6.16. The number of halogens is 1. The minimum atomic E-state index is -0.382. The fraction of sp³-hybridized carbons (Fsp3) is 0.188. The van der Waals surface area contributed by atoms with Crippen LogP contribution >= 0.6 is 0 Å². The number of carbonyl (C=O) groups is 1. The molecule has 0 bridgehead atoms. The second-order valence-corrected chi connectivity index (χ2v) is 4.33. The smallest absolute Gasteiger partial charge is 0.159 e. The topological polar surface area (TPSA) is 35.5 Å². The van der Waals surface area contributed by atoms with Gasteiger partial charge in [0.25, 0.3) is 0 Å². The first-order chi connectivity index (χ1) is 9.60. The lowest BCUT2D eigenvalue weighted by Crippen LogP contribution is -2.00. The molecule has 4 heteroatoms. The van der Waals surface area contributed by atoms with Gasteiger partial charge in [-0.3, -0.25) is 4.79 Å². The highest BCUT2D eigenvalue weighted by atomic mass is 19.1. The van der Waals surface area contributed by atoms with Gasteiger partial charge in [0, 0.05) is 17.2 Å². The number of ether oxygens (including phenoxy) is 2. The van der Waals surface area contributed by atoms with Crippen LogP contribution in [0.4, 0.5) is 4.39 Å². The van der Waals surface area contributed by atoms with Gasteiger partial charge in [-0.15, -0.1) is 0 Å². The number of methoxy groups -OCH3 is 1. The van der Waals surface area contributed by atoms with Crippen LogP contribution in [0.3, 0.4) is 0 Å². The van der Waals surface area contributed by atoms with Gasteiger partial charge >= 0.3 is 0 Å². The van der Waals surface area contributed by atoms with Gasteiger partial charge in [0.2, 0.25) is 0 Å². The third kappa shape index (κ3) is 3.35. The van der Waals surface area contributed by atoms with E-state index in [1.54, 1.807) is 36.4 Å². The lowest BCUT2D eigenvalue weighted by molar-refractivity contribution is 0.101. The zero-order chi connectivity index (χ0) is 14.5. The Bertz CT molecular complexity index is 623. The standard InChI is InChI=1S/C16H15FO3/c1-11(18)12-4-3-5-15(8-12)20-10-13-6-7-14(19-2)9-16(13)17/h3-9H,10H2,1-2H3.